The molecule has 0 bridgehead atoms. The number of benzene rings is 1. The molecule has 1 heterocycles. The second kappa shape index (κ2) is 5.18. The van der Waals surface area contributed by atoms with Crippen LogP contribution in [0, 0.1) is 0 Å². The molecule has 0 saturated carbocycles. The van der Waals surface area contributed by atoms with Crippen molar-refractivity contribution in [2.24, 2.45) is 0 Å². The molecule has 100 valence electrons. The molecule has 0 fully saturated rings. The summed E-state index contributed by atoms with van der Waals surface area (Å²) in [6, 6.07) is 6.34. The van der Waals surface area contributed by atoms with Crippen LogP contribution in [0.3, 0.4) is 0 Å². The van der Waals surface area contributed by atoms with Gasteiger partial charge in [0.05, 0.1) is 11.4 Å². The molecule has 2 rings (SSSR count). The molecular formula is C13H19NO3S. The fraction of sp³-hybridized carbons (Fsp3) is 0.538. The molecule has 0 saturated heterocycles. The molecule has 5 heteroatoms. The van der Waals surface area contributed by atoms with Crippen LogP contribution in [0.15, 0.2) is 18.2 Å². The molecule has 0 aromatic heterocycles. The summed E-state index contributed by atoms with van der Waals surface area (Å²) in [5.41, 5.74) is 2.26. The molecule has 1 aromatic rings. The minimum Gasteiger partial charge on any atom is -0.490 e. The van der Waals surface area contributed by atoms with Crippen molar-refractivity contribution in [2.75, 3.05) is 23.9 Å². The lowest BCUT2D eigenvalue weighted by Gasteiger charge is -2.26. The quantitative estimate of drug-likeness (QED) is 0.906. The standard InChI is InChI=1S/C13H19NO3S/c1-10-6-7-11-4-3-5-12(13(11)14-10)17-8-9-18(2,15)16/h3-5,10,14H,6-9H2,1-2H3. The van der Waals surface area contributed by atoms with Crippen LogP contribution in [-0.2, 0) is 16.3 Å². The van der Waals surface area contributed by atoms with Crippen LogP contribution in [0.2, 0.25) is 0 Å². The van der Waals surface area contributed by atoms with Crippen molar-refractivity contribution in [1.29, 1.82) is 0 Å². The molecule has 0 amide bonds. The number of hydrogen-bond acceptors (Lipinski definition) is 4. The highest BCUT2D eigenvalue weighted by molar-refractivity contribution is 7.90. The fourth-order valence-electron chi connectivity index (χ4n) is 2.06. The molecule has 1 N–H and O–H groups in total. The highest BCUT2D eigenvalue weighted by atomic mass is 32.2. The lowest BCUT2D eigenvalue weighted by Crippen LogP contribution is -2.23. The Morgan fingerprint density at radius 1 is 1.44 bits per heavy atom. The van der Waals surface area contributed by atoms with Gasteiger partial charge in [-0.25, -0.2) is 8.42 Å². The van der Waals surface area contributed by atoms with Crippen molar-refractivity contribution >= 4 is 15.5 Å². The molecule has 4 nitrogen and oxygen atoms in total. The van der Waals surface area contributed by atoms with Gasteiger partial charge in [0, 0.05) is 12.3 Å². The van der Waals surface area contributed by atoms with Crippen LogP contribution >= 0.6 is 0 Å². The molecule has 1 unspecified atom stereocenters. The van der Waals surface area contributed by atoms with E-state index >= 15 is 0 Å². The molecule has 1 atom stereocenters. The summed E-state index contributed by atoms with van der Waals surface area (Å²) in [4.78, 5) is 0. The number of rotatable bonds is 4. The third kappa shape index (κ3) is 3.38. The van der Waals surface area contributed by atoms with E-state index in [0.29, 0.717) is 6.04 Å². The highest BCUT2D eigenvalue weighted by Crippen LogP contribution is 2.33. The lowest BCUT2D eigenvalue weighted by atomic mass is 9.98. The Balaban J connectivity index is 2.09. The van der Waals surface area contributed by atoms with Gasteiger partial charge < -0.3 is 10.1 Å². The van der Waals surface area contributed by atoms with Crippen LogP contribution in [0.25, 0.3) is 0 Å². The van der Waals surface area contributed by atoms with Gasteiger partial charge in [0.2, 0.25) is 0 Å². The van der Waals surface area contributed by atoms with Gasteiger partial charge in [-0.1, -0.05) is 12.1 Å². The molecule has 18 heavy (non-hydrogen) atoms. The number of hydrogen-bond donors (Lipinski definition) is 1. The number of sulfone groups is 1. The van der Waals surface area contributed by atoms with E-state index < -0.39 is 9.84 Å². The summed E-state index contributed by atoms with van der Waals surface area (Å²) in [7, 11) is -2.97. The van der Waals surface area contributed by atoms with Gasteiger partial charge in [0.15, 0.2) is 9.84 Å². The molecule has 0 radical (unpaired) electrons. The smallest absolute Gasteiger partial charge is 0.150 e. The maximum atomic E-state index is 11.1. The Labute approximate surface area is 108 Å². The van der Waals surface area contributed by atoms with Gasteiger partial charge >= 0.3 is 0 Å². The lowest BCUT2D eigenvalue weighted by molar-refractivity contribution is 0.341. The number of nitrogens with one attached hydrogen (secondary N) is 1. The van der Waals surface area contributed by atoms with Crippen molar-refractivity contribution in [3.63, 3.8) is 0 Å². The third-order valence-electron chi connectivity index (χ3n) is 3.06. The Morgan fingerprint density at radius 2 is 2.22 bits per heavy atom. The van der Waals surface area contributed by atoms with E-state index in [1.807, 2.05) is 12.1 Å². The van der Waals surface area contributed by atoms with Crippen molar-refractivity contribution in [1.82, 2.24) is 0 Å². The summed E-state index contributed by atoms with van der Waals surface area (Å²) in [6.45, 7) is 2.33. The number of para-hydroxylation sites is 1. The van der Waals surface area contributed by atoms with Gasteiger partial charge in [0.25, 0.3) is 0 Å². The zero-order valence-electron chi connectivity index (χ0n) is 10.8. The van der Waals surface area contributed by atoms with Crippen molar-refractivity contribution < 1.29 is 13.2 Å². The van der Waals surface area contributed by atoms with Crippen LogP contribution < -0.4 is 10.1 Å². The fourth-order valence-corrected chi connectivity index (χ4v) is 2.45. The Kier molecular flexibility index (Phi) is 3.80. The molecule has 1 aliphatic rings. The molecule has 1 aromatic carbocycles. The second-order valence-corrected chi connectivity index (χ2v) is 7.11. The van der Waals surface area contributed by atoms with E-state index in [4.69, 9.17) is 4.74 Å². The van der Waals surface area contributed by atoms with E-state index in [1.165, 1.54) is 11.8 Å². The van der Waals surface area contributed by atoms with Crippen LogP contribution in [0.4, 0.5) is 5.69 Å². The molecule has 0 aliphatic carbocycles. The van der Waals surface area contributed by atoms with Crippen LogP contribution in [0.5, 0.6) is 5.75 Å². The zero-order chi connectivity index (χ0) is 13.2. The average molecular weight is 269 g/mol. The summed E-state index contributed by atoms with van der Waals surface area (Å²) in [5, 5.41) is 3.40. The number of anilines is 1. The summed E-state index contributed by atoms with van der Waals surface area (Å²) < 4.78 is 27.7. The van der Waals surface area contributed by atoms with Crippen LogP contribution in [0.1, 0.15) is 18.9 Å². The predicted octanol–water partition coefficient (Wildman–Crippen LogP) is 1.86. The summed E-state index contributed by atoms with van der Waals surface area (Å²) in [6.07, 6.45) is 3.36. The minimum atomic E-state index is -2.97. The predicted molar refractivity (Wildman–Crippen MR) is 73.1 cm³/mol. The van der Waals surface area contributed by atoms with E-state index in [1.54, 1.807) is 0 Å². The maximum absolute atomic E-state index is 11.1. The number of aryl methyl sites for hydroxylation is 1. The Morgan fingerprint density at radius 3 is 2.94 bits per heavy atom. The summed E-state index contributed by atoms with van der Waals surface area (Å²) >= 11 is 0. The molecule has 1 aliphatic heterocycles. The van der Waals surface area contributed by atoms with Gasteiger partial charge in [-0.05, 0) is 31.4 Å². The Bertz CT molecular complexity index is 525. The minimum absolute atomic E-state index is 0.0478. The van der Waals surface area contributed by atoms with Gasteiger partial charge in [-0.3, -0.25) is 0 Å². The van der Waals surface area contributed by atoms with Crippen molar-refractivity contribution in [3.8, 4) is 5.75 Å². The SMILES string of the molecule is CC1CCc2cccc(OCCS(C)(=O)=O)c2N1. The van der Waals surface area contributed by atoms with Gasteiger partial charge in [0.1, 0.15) is 12.4 Å². The highest BCUT2D eigenvalue weighted by Gasteiger charge is 2.17. The van der Waals surface area contributed by atoms with Crippen molar-refractivity contribution in [3.05, 3.63) is 23.8 Å². The normalized spacial score (nSPS) is 18.9. The monoisotopic (exact) mass is 269 g/mol. The second-order valence-electron chi connectivity index (χ2n) is 4.85. The number of ether oxygens (including phenoxy) is 1. The molecule has 0 spiro atoms. The number of fused-ring (bicyclic) bond motifs is 1. The van der Waals surface area contributed by atoms with Gasteiger partial charge in [-0.15, -0.1) is 0 Å². The first-order chi connectivity index (χ1) is 8.46. The van der Waals surface area contributed by atoms with Gasteiger partial charge in [-0.2, -0.15) is 0 Å². The first-order valence-electron chi connectivity index (χ1n) is 6.14. The first kappa shape index (κ1) is 13.2. The average Bonchev–Trinajstić information content (AvgIpc) is 2.28. The van der Waals surface area contributed by atoms with E-state index in [-0.39, 0.29) is 12.4 Å². The van der Waals surface area contributed by atoms with E-state index in [9.17, 15) is 8.42 Å². The first-order valence-corrected chi connectivity index (χ1v) is 8.21. The Hall–Kier alpha value is -1.23. The maximum Gasteiger partial charge on any atom is 0.150 e. The topological polar surface area (TPSA) is 55.4 Å². The van der Waals surface area contributed by atoms with E-state index in [0.717, 1.165) is 24.3 Å². The van der Waals surface area contributed by atoms with E-state index in [2.05, 4.69) is 18.3 Å². The largest absolute Gasteiger partial charge is 0.490 e. The van der Waals surface area contributed by atoms with Crippen molar-refractivity contribution in [2.45, 2.75) is 25.8 Å². The zero-order valence-corrected chi connectivity index (χ0v) is 11.6. The summed E-state index contributed by atoms with van der Waals surface area (Å²) in [5.74, 6) is 0.800. The van der Waals surface area contributed by atoms with Crippen LogP contribution in [-0.4, -0.2) is 33.1 Å². The molecular weight excluding hydrogens is 250 g/mol. The third-order valence-corrected chi connectivity index (χ3v) is 3.97.